The molecule has 0 radical (unpaired) electrons. The van der Waals surface area contributed by atoms with E-state index in [-0.39, 0.29) is 6.07 Å². The van der Waals surface area contributed by atoms with Crippen LogP contribution in [0.25, 0.3) is 0 Å². The summed E-state index contributed by atoms with van der Waals surface area (Å²) in [6.07, 6.45) is -9.99. The van der Waals surface area contributed by atoms with Gasteiger partial charge in [-0.1, -0.05) is 0 Å². The van der Waals surface area contributed by atoms with E-state index in [1.54, 1.807) is 0 Å². The van der Waals surface area contributed by atoms with Crippen LogP contribution < -0.4 is 4.74 Å². The summed E-state index contributed by atoms with van der Waals surface area (Å²) < 4.78 is 64.8. The fraction of sp³-hybridized carbons (Fsp3) is 0.333. The lowest BCUT2D eigenvalue weighted by Gasteiger charge is -2.12. The van der Waals surface area contributed by atoms with Crippen molar-refractivity contribution in [3.8, 4) is 5.88 Å². The first kappa shape index (κ1) is 16.5. The number of rotatable bonds is 5. The van der Waals surface area contributed by atoms with Crippen LogP contribution in [0.15, 0.2) is 6.07 Å². The lowest BCUT2D eigenvalue weighted by atomic mass is 10.1. The number of hydrogen-bond donors (Lipinski definition) is 1. The smallest absolute Gasteiger partial charge is 0.481 e. The summed E-state index contributed by atoms with van der Waals surface area (Å²) in [5, 5.41) is 19.1. The van der Waals surface area contributed by atoms with Gasteiger partial charge in [0, 0.05) is 11.6 Å². The molecule has 0 aliphatic heterocycles. The molecule has 0 fully saturated rings. The lowest BCUT2D eigenvalue weighted by molar-refractivity contribution is -0.386. The third-order valence-corrected chi connectivity index (χ3v) is 2.03. The van der Waals surface area contributed by atoms with Crippen LogP contribution >= 0.6 is 0 Å². The molecule has 0 aliphatic carbocycles. The number of nitro groups is 1. The SMILES string of the molecule is O=C(O)Cc1cc([N+](=O)[O-])c(C(F)F)nc1OC(F)(F)F. The fourth-order valence-corrected chi connectivity index (χ4v) is 1.33. The molecule has 1 aromatic rings. The predicted octanol–water partition coefficient (Wildman–Crippen LogP) is 2.45. The highest BCUT2D eigenvalue weighted by atomic mass is 19.4. The van der Waals surface area contributed by atoms with E-state index in [9.17, 15) is 36.9 Å². The Hall–Kier alpha value is -2.53. The molecule has 0 bridgehead atoms. The van der Waals surface area contributed by atoms with E-state index in [1.807, 2.05) is 0 Å². The molecule has 0 unspecified atom stereocenters. The van der Waals surface area contributed by atoms with E-state index in [0.717, 1.165) is 0 Å². The van der Waals surface area contributed by atoms with Crippen LogP contribution in [0.2, 0.25) is 0 Å². The number of carboxylic acids is 1. The van der Waals surface area contributed by atoms with Gasteiger partial charge in [0.1, 0.15) is 0 Å². The molecule has 1 aromatic heterocycles. The van der Waals surface area contributed by atoms with Gasteiger partial charge in [-0.2, -0.15) is 0 Å². The van der Waals surface area contributed by atoms with Gasteiger partial charge in [-0.15, -0.1) is 13.2 Å². The number of alkyl halides is 5. The van der Waals surface area contributed by atoms with Crippen LogP contribution in [0.1, 0.15) is 17.7 Å². The largest absolute Gasteiger partial charge is 0.574 e. The minimum atomic E-state index is -5.32. The van der Waals surface area contributed by atoms with Crippen molar-refractivity contribution in [1.82, 2.24) is 4.98 Å². The van der Waals surface area contributed by atoms with E-state index in [2.05, 4.69) is 9.72 Å². The monoisotopic (exact) mass is 316 g/mol. The second-order valence-corrected chi connectivity index (χ2v) is 3.53. The van der Waals surface area contributed by atoms with Gasteiger partial charge >= 0.3 is 12.3 Å². The quantitative estimate of drug-likeness (QED) is 0.508. The number of halogens is 5. The predicted molar refractivity (Wildman–Crippen MR) is 53.9 cm³/mol. The number of ether oxygens (including phenoxy) is 1. The highest BCUT2D eigenvalue weighted by Gasteiger charge is 2.35. The molecular formula is C9H5F5N2O5. The molecule has 116 valence electrons. The van der Waals surface area contributed by atoms with Crippen molar-refractivity contribution in [3.63, 3.8) is 0 Å². The van der Waals surface area contributed by atoms with Crippen LogP contribution in [0.5, 0.6) is 5.88 Å². The Labute approximate surface area is 112 Å². The Balaban J connectivity index is 3.47. The van der Waals surface area contributed by atoms with Gasteiger partial charge in [0.2, 0.25) is 5.88 Å². The zero-order valence-corrected chi connectivity index (χ0v) is 9.73. The van der Waals surface area contributed by atoms with E-state index in [1.165, 1.54) is 0 Å². The van der Waals surface area contributed by atoms with Gasteiger partial charge in [-0.05, 0) is 0 Å². The van der Waals surface area contributed by atoms with Crippen molar-refractivity contribution in [2.45, 2.75) is 19.2 Å². The molecular weight excluding hydrogens is 311 g/mol. The van der Waals surface area contributed by atoms with Crippen LogP contribution in [0.3, 0.4) is 0 Å². The second-order valence-electron chi connectivity index (χ2n) is 3.53. The summed E-state index contributed by atoms with van der Waals surface area (Å²) in [4.78, 5) is 22.5. The number of carboxylic acid groups (broad SMARTS) is 1. The Morgan fingerprint density at radius 2 is 2.05 bits per heavy atom. The number of hydrogen-bond acceptors (Lipinski definition) is 5. The number of aliphatic carboxylic acids is 1. The Bertz CT molecular complexity index is 574. The third kappa shape index (κ3) is 4.50. The first-order valence-corrected chi connectivity index (χ1v) is 4.95. The van der Waals surface area contributed by atoms with Crippen molar-refractivity contribution < 1.29 is 41.5 Å². The summed E-state index contributed by atoms with van der Waals surface area (Å²) in [7, 11) is 0. The summed E-state index contributed by atoms with van der Waals surface area (Å²) in [6, 6.07) is 0.268. The average Bonchev–Trinajstić information content (AvgIpc) is 2.27. The van der Waals surface area contributed by atoms with Gasteiger partial charge in [-0.3, -0.25) is 14.9 Å². The molecule has 7 nitrogen and oxygen atoms in total. The number of aromatic nitrogens is 1. The Kier molecular flexibility index (Phi) is 4.60. The van der Waals surface area contributed by atoms with Gasteiger partial charge < -0.3 is 9.84 Å². The van der Waals surface area contributed by atoms with E-state index < -0.39 is 52.9 Å². The van der Waals surface area contributed by atoms with Crippen molar-refractivity contribution in [2.24, 2.45) is 0 Å². The highest BCUT2D eigenvalue weighted by Crippen LogP contribution is 2.34. The van der Waals surface area contributed by atoms with Crippen LogP contribution in [0, 0.1) is 10.1 Å². The van der Waals surface area contributed by atoms with E-state index >= 15 is 0 Å². The van der Waals surface area contributed by atoms with Gasteiger partial charge in [-0.25, -0.2) is 13.8 Å². The molecule has 1 N–H and O–H groups in total. The fourth-order valence-electron chi connectivity index (χ4n) is 1.33. The normalized spacial score (nSPS) is 11.5. The molecule has 21 heavy (non-hydrogen) atoms. The molecule has 0 amide bonds. The minimum Gasteiger partial charge on any atom is -0.481 e. The molecule has 0 spiro atoms. The summed E-state index contributed by atoms with van der Waals surface area (Å²) in [6.45, 7) is 0. The number of nitrogens with zero attached hydrogens (tertiary/aromatic N) is 2. The number of pyridine rings is 1. The molecule has 0 saturated heterocycles. The van der Waals surface area contributed by atoms with Gasteiger partial charge in [0.05, 0.1) is 11.3 Å². The summed E-state index contributed by atoms with van der Waals surface area (Å²) in [5.74, 6) is -3.12. The molecule has 0 atom stereocenters. The molecule has 0 aromatic carbocycles. The molecule has 0 aliphatic rings. The highest BCUT2D eigenvalue weighted by molar-refractivity contribution is 5.71. The molecule has 12 heteroatoms. The maximum Gasteiger partial charge on any atom is 0.574 e. The van der Waals surface area contributed by atoms with E-state index in [0.29, 0.717) is 0 Å². The van der Waals surface area contributed by atoms with E-state index in [4.69, 9.17) is 5.11 Å². The standard InChI is InChI=1S/C9H5F5N2O5/c10-7(11)6-4(16(19)20)1-3(2-5(17)18)8(15-6)21-9(12,13)14/h1,7H,2H2,(H,17,18). The molecule has 0 saturated carbocycles. The van der Waals surface area contributed by atoms with Crippen LogP contribution in [-0.4, -0.2) is 27.3 Å². The topological polar surface area (TPSA) is 103 Å². The van der Waals surface area contributed by atoms with Crippen LogP contribution in [0.4, 0.5) is 27.6 Å². The third-order valence-electron chi connectivity index (χ3n) is 2.03. The minimum absolute atomic E-state index is 0.268. The first-order chi connectivity index (χ1) is 9.51. The maximum absolute atomic E-state index is 12.6. The second kappa shape index (κ2) is 5.85. The van der Waals surface area contributed by atoms with Gasteiger partial charge in [0.15, 0.2) is 5.69 Å². The zero-order chi connectivity index (χ0) is 16.4. The van der Waals surface area contributed by atoms with Gasteiger partial charge in [0.25, 0.3) is 12.1 Å². The Morgan fingerprint density at radius 1 is 1.48 bits per heavy atom. The van der Waals surface area contributed by atoms with Crippen LogP contribution in [-0.2, 0) is 11.2 Å². The van der Waals surface area contributed by atoms with Crippen molar-refractivity contribution in [3.05, 3.63) is 27.4 Å². The summed E-state index contributed by atoms with van der Waals surface area (Å²) >= 11 is 0. The molecule has 1 rings (SSSR count). The summed E-state index contributed by atoms with van der Waals surface area (Å²) in [5.41, 5.74) is -3.69. The van der Waals surface area contributed by atoms with Crippen molar-refractivity contribution >= 4 is 11.7 Å². The molecule has 1 heterocycles. The van der Waals surface area contributed by atoms with Crippen molar-refractivity contribution in [1.29, 1.82) is 0 Å². The Morgan fingerprint density at radius 3 is 2.43 bits per heavy atom. The lowest BCUT2D eigenvalue weighted by Crippen LogP contribution is -2.20. The maximum atomic E-state index is 12.6. The average molecular weight is 316 g/mol. The number of carbonyl (C=O) groups is 1. The zero-order valence-electron chi connectivity index (χ0n) is 9.73. The first-order valence-electron chi connectivity index (χ1n) is 4.95. The van der Waals surface area contributed by atoms with Crippen molar-refractivity contribution in [2.75, 3.05) is 0 Å².